The molecule has 1 unspecified atom stereocenters. The molecule has 30 heavy (non-hydrogen) atoms. The molecule has 170 valence electrons. The maximum Gasteiger partial charge on any atom is 0.293 e. The van der Waals surface area contributed by atoms with E-state index in [1.54, 1.807) is 0 Å². The normalized spacial score (nSPS) is 46.1. The standard InChI is InChI=1S/C28H46O2/c1-19(2)7-6-8-20(3)24-11-12-25-23-10-9-21-17-22(30-18-29)13-15-27(21,4)26(23)14-16-28(24,25)5/h9-10,18-26H,6-8,11-17H2,1-5H3/t20-,21?,22+,23+,24-,25+,26+,27+,28-/m1/s1. The van der Waals surface area contributed by atoms with Crippen molar-refractivity contribution in [2.24, 2.45) is 52.3 Å². The van der Waals surface area contributed by atoms with Gasteiger partial charge in [0.1, 0.15) is 6.10 Å². The Bertz CT molecular complexity index is 639. The minimum absolute atomic E-state index is 0.137. The molecule has 0 aromatic rings. The predicted octanol–water partition coefficient (Wildman–Crippen LogP) is 7.43. The average Bonchev–Trinajstić information content (AvgIpc) is 3.05. The highest BCUT2D eigenvalue weighted by Crippen LogP contribution is 2.67. The van der Waals surface area contributed by atoms with E-state index in [1.165, 1.54) is 51.4 Å². The van der Waals surface area contributed by atoms with E-state index in [9.17, 15) is 4.79 Å². The third kappa shape index (κ3) is 3.79. The Kier molecular flexibility index (Phi) is 6.44. The van der Waals surface area contributed by atoms with Crippen molar-refractivity contribution in [3.05, 3.63) is 12.2 Å². The summed E-state index contributed by atoms with van der Waals surface area (Å²) >= 11 is 0. The second-order valence-electron chi connectivity index (χ2n) is 12.4. The van der Waals surface area contributed by atoms with E-state index in [0.717, 1.165) is 48.3 Å². The van der Waals surface area contributed by atoms with Gasteiger partial charge in [-0.05, 0) is 97.2 Å². The first-order chi connectivity index (χ1) is 14.3. The minimum atomic E-state index is 0.137. The van der Waals surface area contributed by atoms with Gasteiger partial charge in [-0.2, -0.15) is 0 Å². The molecule has 4 aliphatic rings. The Hall–Kier alpha value is -0.790. The smallest absolute Gasteiger partial charge is 0.293 e. The molecule has 0 radical (unpaired) electrons. The summed E-state index contributed by atoms with van der Waals surface area (Å²) in [5.74, 6) is 5.72. The lowest BCUT2D eigenvalue weighted by molar-refractivity contribution is -0.140. The van der Waals surface area contributed by atoms with Crippen molar-refractivity contribution in [2.75, 3.05) is 0 Å². The van der Waals surface area contributed by atoms with Gasteiger partial charge in [0.25, 0.3) is 6.47 Å². The number of fused-ring (bicyclic) bond motifs is 5. The van der Waals surface area contributed by atoms with Crippen molar-refractivity contribution in [3.8, 4) is 0 Å². The third-order valence-corrected chi connectivity index (χ3v) is 10.6. The van der Waals surface area contributed by atoms with Gasteiger partial charge in [-0.1, -0.05) is 66.0 Å². The Morgan fingerprint density at radius 1 is 0.967 bits per heavy atom. The van der Waals surface area contributed by atoms with Crippen LogP contribution in [0.25, 0.3) is 0 Å². The largest absolute Gasteiger partial charge is 0.465 e. The van der Waals surface area contributed by atoms with Crippen molar-refractivity contribution in [1.82, 2.24) is 0 Å². The van der Waals surface area contributed by atoms with Crippen LogP contribution in [0.4, 0.5) is 0 Å². The fourth-order valence-electron chi connectivity index (χ4n) is 8.81. The first kappa shape index (κ1) is 22.4. The Morgan fingerprint density at radius 2 is 1.70 bits per heavy atom. The van der Waals surface area contributed by atoms with Crippen LogP contribution in [-0.2, 0) is 9.53 Å². The van der Waals surface area contributed by atoms with E-state index in [4.69, 9.17) is 4.74 Å². The highest BCUT2D eigenvalue weighted by Gasteiger charge is 2.59. The lowest BCUT2D eigenvalue weighted by Gasteiger charge is -2.59. The molecule has 0 amide bonds. The number of rotatable bonds is 7. The summed E-state index contributed by atoms with van der Waals surface area (Å²) in [4.78, 5) is 10.8. The van der Waals surface area contributed by atoms with Crippen molar-refractivity contribution in [3.63, 3.8) is 0 Å². The van der Waals surface area contributed by atoms with Crippen LogP contribution in [-0.4, -0.2) is 12.6 Å². The zero-order valence-corrected chi connectivity index (χ0v) is 20.2. The van der Waals surface area contributed by atoms with Gasteiger partial charge in [0.05, 0.1) is 0 Å². The fraction of sp³-hybridized carbons (Fsp3) is 0.893. The maximum absolute atomic E-state index is 10.8. The molecule has 0 aromatic heterocycles. The van der Waals surface area contributed by atoms with E-state index in [1.807, 2.05) is 0 Å². The van der Waals surface area contributed by atoms with E-state index >= 15 is 0 Å². The number of allylic oxidation sites excluding steroid dienone is 2. The monoisotopic (exact) mass is 414 g/mol. The fourth-order valence-corrected chi connectivity index (χ4v) is 8.81. The molecule has 0 bridgehead atoms. The molecule has 2 heteroatoms. The Balaban J connectivity index is 1.48. The SMILES string of the molecule is CC(C)CCC[C@@H](C)[C@H]1CC[C@H]2[C@@H]3C=CC4C[C@@H](OC=O)CC[C@]4(C)[C@H]3CC[C@]12C. The molecule has 0 spiro atoms. The highest BCUT2D eigenvalue weighted by molar-refractivity contribution is 5.37. The van der Waals surface area contributed by atoms with Gasteiger partial charge in [0.2, 0.25) is 0 Å². The van der Waals surface area contributed by atoms with Crippen LogP contribution >= 0.6 is 0 Å². The van der Waals surface area contributed by atoms with E-state index < -0.39 is 0 Å². The molecule has 0 saturated heterocycles. The Morgan fingerprint density at radius 3 is 2.43 bits per heavy atom. The van der Waals surface area contributed by atoms with Crippen LogP contribution in [0.1, 0.15) is 98.8 Å². The summed E-state index contributed by atoms with van der Waals surface area (Å²) in [6.45, 7) is 13.2. The van der Waals surface area contributed by atoms with Gasteiger partial charge < -0.3 is 4.74 Å². The van der Waals surface area contributed by atoms with Gasteiger partial charge in [0.15, 0.2) is 0 Å². The molecule has 9 atom stereocenters. The lowest BCUT2D eigenvalue weighted by atomic mass is 9.46. The molecule has 3 saturated carbocycles. The average molecular weight is 415 g/mol. The zero-order valence-electron chi connectivity index (χ0n) is 20.2. The van der Waals surface area contributed by atoms with Crippen molar-refractivity contribution in [2.45, 2.75) is 105 Å². The van der Waals surface area contributed by atoms with E-state index in [-0.39, 0.29) is 6.10 Å². The minimum Gasteiger partial charge on any atom is -0.465 e. The van der Waals surface area contributed by atoms with Gasteiger partial charge in [-0.15, -0.1) is 0 Å². The first-order valence-electron chi connectivity index (χ1n) is 13.1. The van der Waals surface area contributed by atoms with Gasteiger partial charge in [-0.25, -0.2) is 0 Å². The Labute approximate surface area is 185 Å². The van der Waals surface area contributed by atoms with Crippen LogP contribution in [0.5, 0.6) is 0 Å². The molecule has 4 rings (SSSR count). The van der Waals surface area contributed by atoms with Gasteiger partial charge in [-0.3, -0.25) is 4.79 Å². The summed E-state index contributed by atoms with van der Waals surface area (Å²) in [5.41, 5.74) is 0.953. The molecule has 0 heterocycles. The molecular formula is C28H46O2. The van der Waals surface area contributed by atoms with Gasteiger partial charge in [0, 0.05) is 0 Å². The number of carbonyl (C=O) groups is 1. The van der Waals surface area contributed by atoms with Crippen LogP contribution in [0.15, 0.2) is 12.2 Å². The summed E-state index contributed by atoms with van der Waals surface area (Å²) in [6, 6.07) is 0. The summed E-state index contributed by atoms with van der Waals surface area (Å²) in [7, 11) is 0. The van der Waals surface area contributed by atoms with Crippen LogP contribution in [0.3, 0.4) is 0 Å². The van der Waals surface area contributed by atoms with Crippen molar-refractivity contribution in [1.29, 1.82) is 0 Å². The van der Waals surface area contributed by atoms with Crippen molar-refractivity contribution < 1.29 is 9.53 Å². The topological polar surface area (TPSA) is 26.3 Å². The second kappa shape index (κ2) is 8.62. The number of hydrogen-bond acceptors (Lipinski definition) is 2. The molecule has 0 N–H and O–H groups in total. The molecule has 4 aliphatic carbocycles. The van der Waals surface area contributed by atoms with Crippen molar-refractivity contribution >= 4 is 6.47 Å². The summed E-state index contributed by atoms with van der Waals surface area (Å²) in [5, 5.41) is 0. The molecule has 2 nitrogen and oxygen atoms in total. The number of carbonyl (C=O) groups excluding carboxylic acids is 1. The number of hydrogen-bond donors (Lipinski definition) is 0. The quantitative estimate of drug-likeness (QED) is 0.320. The maximum atomic E-state index is 10.8. The summed E-state index contributed by atoms with van der Waals surface area (Å²) in [6.07, 6.45) is 18.6. The molecule has 3 fully saturated rings. The second-order valence-corrected chi connectivity index (χ2v) is 12.4. The molecular weight excluding hydrogens is 368 g/mol. The van der Waals surface area contributed by atoms with Crippen LogP contribution < -0.4 is 0 Å². The molecule has 0 aliphatic heterocycles. The summed E-state index contributed by atoms with van der Waals surface area (Å²) < 4.78 is 5.37. The van der Waals surface area contributed by atoms with Crippen LogP contribution in [0.2, 0.25) is 0 Å². The third-order valence-electron chi connectivity index (χ3n) is 10.6. The predicted molar refractivity (Wildman–Crippen MR) is 124 cm³/mol. The van der Waals surface area contributed by atoms with Gasteiger partial charge >= 0.3 is 0 Å². The number of ether oxygens (including phenoxy) is 1. The lowest BCUT2D eigenvalue weighted by Crippen LogP contribution is -2.52. The van der Waals surface area contributed by atoms with E-state index in [2.05, 4.69) is 46.8 Å². The van der Waals surface area contributed by atoms with E-state index in [0.29, 0.717) is 23.2 Å². The molecule has 0 aromatic carbocycles. The zero-order chi connectivity index (χ0) is 21.5. The highest BCUT2D eigenvalue weighted by atomic mass is 16.5. The van der Waals surface area contributed by atoms with Crippen LogP contribution in [0, 0.1) is 52.3 Å². The first-order valence-corrected chi connectivity index (χ1v) is 13.1.